The number of allylic oxidation sites excluding steroid dienone is 1. The monoisotopic (exact) mass is 168 g/mol. The Balaban J connectivity index is 2.51. The van der Waals surface area contributed by atoms with Crippen LogP contribution in [0.1, 0.15) is 39.0 Å². The fraction of sp³-hybridized carbons (Fsp3) is 0.700. The summed E-state index contributed by atoms with van der Waals surface area (Å²) in [4.78, 5) is 10.4. The lowest BCUT2D eigenvalue weighted by Crippen LogP contribution is -1.92. The zero-order valence-corrected chi connectivity index (χ0v) is 7.55. The quantitative estimate of drug-likeness (QED) is 0.482. The van der Waals surface area contributed by atoms with Gasteiger partial charge in [0, 0.05) is 6.08 Å². The molecule has 1 unspecified atom stereocenters. The Hall–Kier alpha value is -0.790. The average molecular weight is 168 g/mol. The lowest BCUT2D eigenvalue weighted by Gasteiger charge is -2.03. The first-order valence-corrected chi connectivity index (χ1v) is 4.61. The van der Waals surface area contributed by atoms with E-state index in [9.17, 15) is 4.79 Å². The normalized spacial score (nSPS) is 28.4. The molecule has 1 aliphatic carbocycles. The van der Waals surface area contributed by atoms with Gasteiger partial charge in [-0.15, -0.1) is 0 Å². The van der Waals surface area contributed by atoms with Crippen LogP contribution in [0.3, 0.4) is 0 Å². The molecule has 12 heavy (non-hydrogen) atoms. The van der Waals surface area contributed by atoms with E-state index >= 15 is 0 Å². The molecule has 0 aliphatic heterocycles. The van der Waals surface area contributed by atoms with Gasteiger partial charge in [-0.3, -0.25) is 0 Å². The van der Waals surface area contributed by atoms with E-state index in [4.69, 9.17) is 5.11 Å². The highest BCUT2D eigenvalue weighted by Crippen LogP contribution is 2.25. The number of aliphatic carboxylic acids is 1. The van der Waals surface area contributed by atoms with Gasteiger partial charge in [-0.05, 0) is 31.6 Å². The summed E-state index contributed by atoms with van der Waals surface area (Å²) < 4.78 is 0. The molecule has 0 saturated heterocycles. The maximum Gasteiger partial charge on any atom is 0.328 e. The number of hydrogen-bond donors (Lipinski definition) is 1. The van der Waals surface area contributed by atoms with Crippen molar-refractivity contribution in [1.82, 2.24) is 0 Å². The number of carbonyl (C=O) groups is 1. The van der Waals surface area contributed by atoms with Crippen molar-refractivity contribution in [3.63, 3.8) is 0 Å². The van der Waals surface area contributed by atoms with Crippen molar-refractivity contribution in [3.05, 3.63) is 11.6 Å². The Morgan fingerprint density at radius 3 is 2.92 bits per heavy atom. The Morgan fingerprint density at radius 2 is 2.25 bits per heavy atom. The van der Waals surface area contributed by atoms with Gasteiger partial charge in [-0.2, -0.15) is 0 Å². The maximum atomic E-state index is 10.4. The van der Waals surface area contributed by atoms with Crippen LogP contribution < -0.4 is 0 Å². The Kier molecular flexibility index (Phi) is 3.32. The maximum absolute atomic E-state index is 10.4. The van der Waals surface area contributed by atoms with Crippen LogP contribution in [-0.4, -0.2) is 11.1 Å². The molecule has 0 radical (unpaired) electrons. The molecule has 2 nitrogen and oxygen atoms in total. The van der Waals surface area contributed by atoms with Crippen molar-refractivity contribution >= 4 is 5.97 Å². The summed E-state index contributed by atoms with van der Waals surface area (Å²) in [6.07, 6.45) is 6.90. The molecular formula is C10H16O2. The molecule has 1 atom stereocenters. The second-order valence-electron chi connectivity index (χ2n) is 3.68. The fourth-order valence-electron chi connectivity index (χ4n) is 1.70. The summed E-state index contributed by atoms with van der Waals surface area (Å²) in [7, 11) is 0. The number of carboxylic acid groups (broad SMARTS) is 1. The molecule has 1 fully saturated rings. The van der Waals surface area contributed by atoms with Crippen molar-refractivity contribution in [2.24, 2.45) is 5.92 Å². The van der Waals surface area contributed by atoms with Crippen molar-refractivity contribution in [2.45, 2.75) is 39.0 Å². The predicted molar refractivity (Wildman–Crippen MR) is 48.0 cm³/mol. The minimum Gasteiger partial charge on any atom is -0.478 e. The van der Waals surface area contributed by atoms with Crippen LogP contribution in [0.2, 0.25) is 0 Å². The van der Waals surface area contributed by atoms with E-state index < -0.39 is 5.97 Å². The van der Waals surface area contributed by atoms with Crippen molar-refractivity contribution in [1.29, 1.82) is 0 Å². The molecule has 1 rings (SSSR count). The lowest BCUT2D eigenvalue weighted by molar-refractivity contribution is -0.131. The first-order chi connectivity index (χ1) is 5.68. The van der Waals surface area contributed by atoms with E-state index in [-0.39, 0.29) is 0 Å². The topological polar surface area (TPSA) is 37.3 Å². The molecule has 0 heterocycles. The lowest BCUT2D eigenvalue weighted by atomic mass is 10.0. The minimum absolute atomic E-state index is 0.768. The van der Waals surface area contributed by atoms with Gasteiger partial charge >= 0.3 is 5.97 Å². The van der Waals surface area contributed by atoms with E-state index in [1.807, 2.05) is 0 Å². The third kappa shape index (κ3) is 3.07. The van der Waals surface area contributed by atoms with E-state index in [0.717, 1.165) is 37.2 Å². The van der Waals surface area contributed by atoms with E-state index in [2.05, 4.69) is 6.92 Å². The van der Waals surface area contributed by atoms with Crippen LogP contribution in [0, 0.1) is 5.92 Å². The third-order valence-electron chi connectivity index (χ3n) is 2.48. The van der Waals surface area contributed by atoms with Gasteiger partial charge in [-0.25, -0.2) is 4.79 Å². The van der Waals surface area contributed by atoms with E-state index in [1.54, 1.807) is 0 Å². The SMILES string of the molecule is CC1CCCC(=CC(=O)O)CC1. The second kappa shape index (κ2) is 4.29. The number of rotatable bonds is 1. The summed E-state index contributed by atoms with van der Waals surface area (Å²) >= 11 is 0. The van der Waals surface area contributed by atoms with Crippen LogP contribution >= 0.6 is 0 Å². The summed E-state index contributed by atoms with van der Waals surface area (Å²) in [6, 6.07) is 0. The minimum atomic E-state index is -0.792. The van der Waals surface area contributed by atoms with Gasteiger partial charge in [0.15, 0.2) is 0 Å². The Labute approximate surface area is 73.3 Å². The van der Waals surface area contributed by atoms with Crippen molar-refractivity contribution in [3.8, 4) is 0 Å². The van der Waals surface area contributed by atoms with Gasteiger partial charge in [0.05, 0.1) is 0 Å². The predicted octanol–water partition coefficient (Wildman–Crippen LogP) is 2.60. The average Bonchev–Trinajstić information content (AvgIpc) is 2.15. The Morgan fingerprint density at radius 1 is 1.50 bits per heavy atom. The van der Waals surface area contributed by atoms with E-state index in [1.165, 1.54) is 12.5 Å². The van der Waals surface area contributed by atoms with Crippen molar-refractivity contribution < 1.29 is 9.90 Å². The van der Waals surface area contributed by atoms with Gasteiger partial charge < -0.3 is 5.11 Å². The van der Waals surface area contributed by atoms with Crippen LogP contribution in [-0.2, 0) is 4.79 Å². The van der Waals surface area contributed by atoms with Gasteiger partial charge in [0.2, 0.25) is 0 Å². The first-order valence-electron chi connectivity index (χ1n) is 4.61. The largest absolute Gasteiger partial charge is 0.478 e. The van der Waals surface area contributed by atoms with E-state index in [0.29, 0.717) is 0 Å². The molecule has 0 aromatic carbocycles. The molecule has 0 aromatic rings. The second-order valence-corrected chi connectivity index (χ2v) is 3.68. The fourth-order valence-corrected chi connectivity index (χ4v) is 1.70. The molecular weight excluding hydrogens is 152 g/mol. The first kappa shape index (κ1) is 9.30. The molecule has 1 saturated carbocycles. The standard InChI is InChI=1S/C10H16O2/c1-8-3-2-4-9(6-5-8)7-10(11)12/h7-8H,2-6H2,1H3,(H,11,12). The molecule has 0 bridgehead atoms. The zero-order chi connectivity index (χ0) is 8.97. The van der Waals surface area contributed by atoms with Crippen LogP contribution in [0.25, 0.3) is 0 Å². The zero-order valence-electron chi connectivity index (χ0n) is 7.55. The van der Waals surface area contributed by atoms with Crippen LogP contribution in [0.4, 0.5) is 0 Å². The molecule has 0 spiro atoms. The summed E-state index contributed by atoms with van der Waals surface area (Å²) in [5.74, 6) is -0.0238. The van der Waals surface area contributed by atoms with Crippen molar-refractivity contribution in [2.75, 3.05) is 0 Å². The molecule has 1 N–H and O–H groups in total. The third-order valence-corrected chi connectivity index (χ3v) is 2.48. The number of carboxylic acids is 1. The summed E-state index contributed by atoms with van der Waals surface area (Å²) in [6.45, 7) is 2.24. The highest BCUT2D eigenvalue weighted by Gasteiger charge is 2.10. The number of hydrogen-bond acceptors (Lipinski definition) is 1. The molecule has 0 aromatic heterocycles. The smallest absolute Gasteiger partial charge is 0.328 e. The van der Waals surface area contributed by atoms with Gasteiger partial charge in [0.25, 0.3) is 0 Å². The Bertz CT molecular complexity index is 194. The van der Waals surface area contributed by atoms with Crippen LogP contribution in [0.5, 0.6) is 0 Å². The molecule has 68 valence electrons. The summed E-state index contributed by atoms with van der Waals surface area (Å²) in [5.41, 5.74) is 1.12. The molecule has 1 aliphatic rings. The van der Waals surface area contributed by atoms with Gasteiger partial charge in [0.1, 0.15) is 0 Å². The highest BCUT2D eigenvalue weighted by atomic mass is 16.4. The molecule has 2 heteroatoms. The molecule has 0 amide bonds. The van der Waals surface area contributed by atoms with Crippen LogP contribution in [0.15, 0.2) is 11.6 Å². The summed E-state index contributed by atoms with van der Waals surface area (Å²) in [5, 5.41) is 8.55. The highest BCUT2D eigenvalue weighted by molar-refractivity contribution is 5.80. The van der Waals surface area contributed by atoms with Gasteiger partial charge in [-0.1, -0.05) is 18.9 Å².